The second-order valence-corrected chi connectivity index (χ2v) is 23.8. The van der Waals surface area contributed by atoms with Crippen LogP contribution in [-0.4, -0.2) is 102 Å². The molecule has 4 heterocycles. The number of thioether (sulfide) groups is 1. The first-order valence-electron chi connectivity index (χ1n) is 20.7. The maximum absolute atomic E-state index is 14.0. The predicted octanol–water partition coefficient (Wildman–Crippen LogP) is 2.23. The number of imidazole rings is 1. The van der Waals surface area contributed by atoms with Crippen molar-refractivity contribution >= 4 is 79.8 Å². The first kappa shape index (κ1) is 48.9. The van der Waals surface area contributed by atoms with E-state index in [1.165, 1.54) is 54.7 Å². The fraction of sp³-hybridized carbons (Fsp3) is 0.357. The van der Waals surface area contributed by atoms with Gasteiger partial charge in [0.05, 0.1) is 5.56 Å². The number of amides is 1. The van der Waals surface area contributed by atoms with Gasteiger partial charge < -0.3 is 14.6 Å². The summed E-state index contributed by atoms with van der Waals surface area (Å²) in [7, 11) is 0. The molecule has 66 heavy (non-hydrogen) atoms. The second-order valence-electron chi connectivity index (χ2n) is 15.2. The fourth-order valence-electron chi connectivity index (χ4n) is 7.26. The number of aromatic carboxylic acids is 1. The molecule has 1 amide bonds. The SMILES string of the molecule is CSCC[C@H](N)C(=O)NP(=O)(OC[C@@H]1C[C@H](O)[C@H](n2cnc3c(N)ncnc32)O1)[I-]OCCCCCCNC(=S)Nc1ccc(-c2c3ccc(=O)cc-3oc3cc(O)ccc23)c(C(=O)O)c1. The number of carboxylic acid groups (broad SMARTS) is 1. The van der Waals surface area contributed by atoms with E-state index in [1.54, 1.807) is 28.8 Å². The molecule has 2 aliphatic heterocycles. The second kappa shape index (κ2) is 22.2. The molecule has 1 unspecified atom stereocenters. The maximum atomic E-state index is 14.0. The van der Waals surface area contributed by atoms with E-state index in [9.17, 15) is 34.3 Å². The van der Waals surface area contributed by atoms with Crippen molar-refractivity contribution in [2.75, 3.05) is 42.8 Å². The number of nitrogens with zero attached hydrogens (tertiary/aromatic N) is 4. The van der Waals surface area contributed by atoms with Crippen LogP contribution in [-0.2, 0) is 21.7 Å². The summed E-state index contributed by atoms with van der Waals surface area (Å²) in [6, 6.07) is 12.8. The van der Waals surface area contributed by atoms with Gasteiger partial charge in [0.15, 0.2) is 5.43 Å². The number of aromatic hydroxyl groups is 1. The Morgan fingerprint density at radius 2 is 1.89 bits per heavy atom. The molecule has 0 spiro atoms. The Balaban J connectivity index is 0.872. The molecular formula is C42H48IN9O11PS2-. The minimum atomic E-state index is -3.82. The average molecular weight is 1080 g/mol. The quantitative estimate of drug-likeness (QED) is 0.0169. The average Bonchev–Trinajstić information content (AvgIpc) is 3.89. The number of nitrogen functional groups attached to an aromatic ring is 1. The third-order valence-corrected chi connectivity index (χ3v) is 17.0. The zero-order valence-corrected chi connectivity index (χ0v) is 40.1. The molecular weight excluding hydrogens is 1030 g/mol. The van der Waals surface area contributed by atoms with Crippen LogP contribution in [0.25, 0.3) is 44.6 Å². The number of aliphatic hydroxyl groups excluding tert-OH is 1. The molecule has 2 aromatic heterocycles. The van der Waals surface area contributed by atoms with E-state index >= 15 is 0 Å². The Bertz CT molecular complexity index is 2800. The number of benzene rings is 3. The molecule has 10 N–H and O–H groups in total. The van der Waals surface area contributed by atoms with E-state index in [4.69, 9.17) is 40.4 Å². The molecule has 24 heteroatoms. The van der Waals surface area contributed by atoms with Crippen molar-refractivity contribution in [2.45, 2.75) is 63.0 Å². The third kappa shape index (κ3) is 11.9. The first-order chi connectivity index (χ1) is 31.7. The van der Waals surface area contributed by atoms with E-state index in [2.05, 4.69) is 30.7 Å². The standard InChI is InChI=1S/C42H48IN9O11PS2/c1-66-15-12-31(44)39(56)51-64(59,61-20-26-19-32(55)40(62-26)52-22-49-36-37(45)47-21-48-38(36)52)43-60-14-5-3-2-4-13-46-42(65)50-23-6-9-27(30(16-23)41(57)58)35-28-10-7-24(53)17-33(28)63-34-18-25(54)8-11-29(34)35/h6-11,16-18,21-22,26,31-32,40,53,55H,2-5,12-15,19-20,44H2,1H3,(H,57,58)(H2,45,47,48)(H2,46,50,65)(H,51,56,59)/q-1/t26-,31-,32-,40+,64?/m0/s1. The summed E-state index contributed by atoms with van der Waals surface area (Å²) >= 11 is 5.41. The number of phenolic OH excluding ortho intramolecular Hbond substituents is 1. The predicted molar refractivity (Wildman–Crippen MR) is 249 cm³/mol. The summed E-state index contributed by atoms with van der Waals surface area (Å²) < 4.78 is 39.3. The number of unbranched alkanes of at least 4 members (excludes halogenated alkanes) is 3. The van der Waals surface area contributed by atoms with Gasteiger partial charge in [-0.05, 0) is 29.8 Å². The number of nitrogens with two attached hydrogens (primary N) is 2. The number of hydrogen-bond acceptors (Lipinski definition) is 17. The van der Waals surface area contributed by atoms with Gasteiger partial charge in [-0.3, -0.25) is 4.79 Å². The molecule has 3 aliphatic rings. The van der Waals surface area contributed by atoms with Crippen molar-refractivity contribution in [1.82, 2.24) is 29.9 Å². The minimum absolute atomic E-state index is 0.0142. The summed E-state index contributed by atoms with van der Waals surface area (Å²) in [4.78, 5) is 50.1. The Kier molecular flexibility index (Phi) is 16.5. The Labute approximate surface area is 397 Å². The number of aliphatic hydroxyl groups is 1. The molecule has 0 saturated carbocycles. The van der Waals surface area contributed by atoms with Crippen LogP contribution in [0, 0.1) is 0 Å². The summed E-state index contributed by atoms with van der Waals surface area (Å²) in [6.45, 7) is 0.632. The third-order valence-electron chi connectivity index (χ3n) is 10.5. The van der Waals surface area contributed by atoms with E-state index in [1.807, 2.05) is 6.26 Å². The molecule has 1 fully saturated rings. The molecule has 20 nitrogen and oxygen atoms in total. The van der Waals surface area contributed by atoms with Gasteiger partial charge in [-0.15, -0.1) is 0 Å². The number of fused-ring (bicyclic) bond motifs is 3. The Morgan fingerprint density at radius 1 is 1.09 bits per heavy atom. The van der Waals surface area contributed by atoms with Gasteiger partial charge in [-0.1, -0.05) is 6.07 Å². The van der Waals surface area contributed by atoms with Crippen LogP contribution in [0.4, 0.5) is 11.5 Å². The number of aromatic nitrogens is 4. The van der Waals surface area contributed by atoms with Crippen LogP contribution in [0.5, 0.6) is 5.75 Å². The van der Waals surface area contributed by atoms with Crippen LogP contribution in [0.1, 0.15) is 55.1 Å². The van der Waals surface area contributed by atoms with E-state index in [-0.39, 0.29) is 53.5 Å². The van der Waals surface area contributed by atoms with Crippen LogP contribution < -0.4 is 53.7 Å². The number of carbonyl (C=O) groups excluding carboxylic acids is 1. The number of carbonyl (C=O) groups is 2. The minimum Gasteiger partial charge on any atom is -0.508 e. The molecule has 1 aliphatic carbocycles. The van der Waals surface area contributed by atoms with Crippen LogP contribution in [0.2, 0.25) is 0 Å². The molecule has 2 aromatic carbocycles. The van der Waals surface area contributed by atoms with Gasteiger partial charge in [-0.25, -0.2) is 4.79 Å². The number of thiocarbonyl (C=S) groups is 1. The van der Waals surface area contributed by atoms with Gasteiger partial charge in [0.1, 0.15) is 17.1 Å². The van der Waals surface area contributed by atoms with Crippen molar-refractivity contribution in [3.8, 4) is 28.2 Å². The summed E-state index contributed by atoms with van der Waals surface area (Å²) in [5.74, 6) is -0.744. The van der Waals surface area contributed by atoms with Crippen molar-refractivity contribution in [2.24, 2.45) is 5.73 Å². The number of anilines is 2. The topological polar surface area (TPSA) is 302 Å². The molecule has 352 valence electrons. The summed E-state index contributed by atoms with van der Waals surface area (Å²) in [5, 5.41) is 37.0. The van der Waals surface area contributed by atoms with Crippen LogP contribution in [0.15, 0.2) is 76.5 Å². The normalized spacial score (nSPS) is 17.5. The molecule has 0 bridgehead atoms. The number of rotatable bonds is 21. The molecule has 7 rings (SSSR count). The smallest absolute Gasteiger partial charge is 0.508 e. The van der Waals surface area contributed by atoms with Gasteiger partial charge in [0, 0.05) is 28.6 Å². The number of phenols is 1. The molecule has 0 radical (unpaired) electrons. The van der Waals surface area contributed by atoms with Gasteiger partial charge >= 0.3 is 283 Å². The van der Waals surface area contributed by atoms with Crippen LogP contribution >= 0.6 is 29.1 Å². The number of hydrogen-bond donors (Lipinski definition) is 8. The van der Waals surface area contributed by atoms with Gasteiger partial charge in [-0.2, -0.15) is 0 Å². The molecule has 1 saturated heterocycles. The summed E-state index contributed by atoms with van der Waals surface area (Å²) in [6.07, 6.45) is 5.69. The Hall–Kier alpha value is -4.98. The van der Waals surface area contributed by atoms with Gasteiger partial charge in [0.25, 0.3) is 0 Å². The monoisotopic (exact) mass is 1080 g/mol. The van der Waals surface area contributed by atoms with E-state index < -0.39 is 62.6 Å². The van der Waals surface area contributed by atoms with E-state index in [0.29, 0.717) is 69.2 Å². The van der Waals surface area contributed by atoms with Crippen molar-refractivity contribution < 1.29 is 67.3 Å². The number of carboxylic acids is 1. The number of halogens is 1. The fourth-order valence-corrected chi connectivity index (χ4v) is 12.9. The molecule has 5 atom stereocenters. The van der Waals surface area contributed by atoms with Crippen molar-refractivity contribution in [1.29, 1.82) is 0 Å². The van der Waals surface area contributed by atoms with Crippen molar-refractivity contribution in [3.63, 3.8) is 0 Å². The Morgan fingerprint density at radius 3 is 2.70 bits per heavy atom. The first-order valence-corrected chi connectivity index (χ1v) is 27.8. The van der Waals surface area contributed by atoms with Crippen LogP contribution in [0.3, 0.4) is 0 Å². The molecule has 4 aromatic rings. The van der Waals surface area contributed by atoms with Crippen molar-refractivity contribution in [3.05, 3.63) is 83.0 Å². The summed E-state index contributed by atoms with van der Waals surface area (Å²) in [5.41, 5.74) is 14.6. The zero-order valence-electron chi connectivity index (χ0n) is 35.4. The zero-order chi connectivity index (χ0) is 47.0. The van der Waals surface area contributed by atoms with Gasteiger partial charge in [0.2, 0.25) is 0 Å². The number of ether oxygens (including phenoxy) is 1. The number of nitrogens with one attached hydrogen (secondary N) is 3. The van der Waals surface area contributed by atoms with E-state index in [0.717, 1.165) is 19.3 Å².